The van der Waals surface area contributed by atoms with Crippen LogP contribution < -0.4 is 10.1 Å². The highest BCUT2D eigenvalue weighted by Crippen LogP contribution is 2.41. The normalized spacial score (nSPS) is 13.5. The number of terminal acetylenes is 1. The number of hydrogen-bond donors (Lipinski definition) is 1. The average Bonchev–Trinajstić information content (AvgIpc) is 3.73. The summed E-state index contributed by atoms with van der Waals surface area (Å²) in [5, 5.41) is 13.1. The van der Waals surface area contributed by atoms with Gasteiger partial charge in [-0.2, -0.15) is 5.26 Å². The molecule has 0 fully saturated rings. The lowest BCUT2D eigenvalue weighted by Crippen LogP contribution is -2.37. The topological polar surface area (TPSA) is 71.3 Å². The van der Waals surface area contributed by atoms with Gasteiger partial charge in [0.05, 0.1) is 25.3 Å². The second kappa shape index (κ2) is 14.2. The van der Waals surface area contributed by atoms with Gasteiger partial charge in [-0.05, 0) is 66.6 Å². The van der Waals surface area contributed by atoms with E-state index in [1.54, 1.807) is 21.0 Å². The number of benzene rings is 2. The quantitative estimate of drug-likeness (QED) is 0.269. The summed E-state index contributed by atoms with van der Waals surface area (Å²) >= 11 is 0. The third-order valence-electron chi connectivity index (χ3n) is 6.51. The van der Waals surface area contributed by atoms with Gasteiger partial charge in [-0.25, -0.2) is 0 Å². The van der Waals surface area contributed by atoms with Crippen molar-refractivity contribution < 1.29 is 14.3 Å². The number of nitriles is 1. The van der Waals surface area contributed by atoms with Crippen LogP contribution in [-0.2, 0) is 16.0 Å². The number of nitrogens with zero attached hydrogens (tertiary/aromatic N) is 1. The summed E-state index contributed by atoms with van der Waals surface area (Å²) in [7, 11) is 1.64. The maximum Gasteiger partial charge on any atom is 0.156 e. The molecule has 5 nitrogen and oxygen atoms in total. The number of ether oxygens (including phenoxy) is 2. The van der Waals surface area contributed by atoms with Crippen LogP contribution in [0.2, 0.25) is 0 Å². The fourth-order valence-corrected chi connectivity index (χ4v) is 4.31. The van der Waals surface area contributed by atoms with E-state index >= 15 is 0 Å². The molecule has 0 heterocycles. The second-order valence-corrected chi connectivity index (χ2v) is 9.19. The van der Waals surface area contributed by atoms with Crippen LogP contribution in [-0.4, -0.2) is 38.2 Å². The Morgan fingerprint density at radius 1 is 1.18 bits per heavy atom. The molecule has 2 atom stereocenters. The zero-order valence-corrected chi connectivity index (χ0v) is 22.7. The van der Waals surface area contributed by atoms with Crippen molar-refractivity contribution in [3.63, 3.8) is 0 Å². The highest BCUT2D eigenvalue weighted by molar-refractivity contribution is 6.17. The van der Waals surface area contributed by atoms with Crippen molar-refractivity contribution in [2.24, 2.45) is 0 Å². The Kier molecular flexibility index (Phi) is 10.7. The molecule has 0 unspecified atom stereocenters. The number of hydrogen-bond acceptors (Lipinski definition) is 5. The van der Waals surface area contributed by atoms with Crippen molar-refractivity contribution in [2.75, 3.05) is 20.3 Å². The zero-order valence-electron chi connectivity index (χ0n) is 22.7. The van der Waals surface area contributed by atoms with Crippen LogP contribution in [0.1, 0.15) is 56.7 Å². The number of methoxy groups -OCH3 is 1. The summed E-state index contributed by atoms with van der Waals surface area (Å²) in [6.07, 6.45) is 10.1. The molecule has 0 saturated heterocycles. The largest absolute Gasteiger partial charge is 0.496 e. The zero-order chi connectivity index (χ0) is 27.5. The van der Waals surface area contributed by atoms with Crippen molar-refractivity contribution >= 4 is 11.4 Å². The molecule has 1 aliphatic rings. The number of Topliss-reactive ketones (excluding diaryl/α,β-unsaturated/α-hetero) is 1. The van der Waals surface area contributed by atoms with Gasteiger partial charge >= 0.3 is 0 Å². The summed E-state index contributed by atoms with van der Waals surface area (Å²) < 4.78 is 11.6. The number of allylic oxidation sites excluding steroid dienone is 2. The highest BCUT2D eigenvalue weighted by atomic mass is 16.5. The first-order valence-electron chi connectivity index (χ1n) is 13.0. The van der Waals surface area contributed by atoms with E-state index in [1.807, 2.05) is 42.8 Å². The highest BCUT2D eigenvalue weighted by Gasteiger charge is 2.28. The Morgan fingerprint density at radius 2 is 1.95 bits per heavy atom. The van der Waals surface area contributed by atoms with Crippen molar-refractivity contribution in [1.29, 1.82) is 5.26 Å². The molecule has 0 spiro atoms. The Labute approximate surface area is 227 Å². The van der Waals surface area contributed by atoms with Gasteiger partial charge in [-0.3, -0.25) is 10.1 Å². The van der Waals surface area contributed by atoms with Gasteiger partial charge in [-0.15, -0.1) is 18.3 Å². The van der Waals surface area contributed by atoms with Crippen LogP contribution in [0.15, 0.2) is 42.0 Å². The third kappa shape index (κ3) is 7.60. The van der Waals surface area contributed by atoms with E-state index in [0.29, 0.717) is 26.0 Å². The van der Waals surface area contributed by atoms with E-state index in [9.17, 15) is 10.1 Å². The summed E-state index contributed by atoms with van der Waals surface area (Å²) in [6.45, 7) is 6.67. The molecule has 2 aromatic carbocycles. The molecule has 0 aromatic heterocycles. The first-order chi connectivity index (χ1) is 18.4. The Morgan fingerprint density at radius 3 is 2.58 bits per heavy atom. The predicted molar refractivity (Wildman–Crippen MR) is 152 cm³/mol. The van der Waals surface area contributed by atoms with Crippen LogP contribution in [0.4, 0.5) is 0 Å². The lowest BCUT2D eigenvalue weighted by Gasteiger charge is -2.20. The standard InChI is InChI=1S/C33H35N2O3/c1-6-9-10-16-38-29(8-3)22-35-28(21-34)18-27-13-12-25(19-33(27)37-5)24-14-15-30(26(17-24)11-7-2)32-20-31(32)23(4)36/h1,12-15,17,19-20,28-29,35H,8-10,16,18,22H2,2-5H3/t28-,29-/m0/s1. The fourth-order valence-electron chi connectivity index (χ4n) is 4.31. The van der Waals surface area contributed by atoms with Gasteiger partial charge in [0.15, 0.2) is 5.78 Å². The Bertz CT molecular complexity index is 1330. The molecule has 0 saturated carbocycles. The Balaban J connectivity index is 1.74. The number of unbranched alkanes of at least 4 members (excludes halogenated alkanes) is 1. The third-order valence-corrected chi connectivity index (χ3v) is 6.51. The molecule has 3 rings (SSSR count). The number of nitrogens with one attached hydrogen (secondary N) is 1. The molecule has 1 N–H and O–H groups in total. The minimum Gasteiger partial charge on any atom is -0.496 e. The van der Waals surface area contributed by atoms with Crippen LogP contribution in [0.25, 0.3) is 16.7 Å². The molecular formula is C33H35N2O3. The molecule has 2 aromatic rings. The predicted octanol–water partition coefficient (Wildman–Crippen LogP) is 5.53. The van der Waals surface area contributed by atoms with E-state index in [0.717, 1.165) is 57.6 Å². The second-order valence-electron chi connectivity index (χ2n) is 9.19. The van der Waals surface area contributed by atoms with Crippen LogP contribution in [0.5, 0.6) is 5.75 Å². The summed E-state index contributed by atoms with van der Waals surface area (Å²) in [5.41, 5.74) is 6.54. The molecule has 5 heteroatoms. The van der Waals surface area contributed by atoms with Crippen LogP contribution in [0, 0.1) is 41.9 Å². The Hall–Kier alpha value is -3.82. The number of ketones is 1. The lowest BCUT2D eigenvalue weighted by molar-refractivity contribution is -0.113. The fraction of sp³-hybridized carbons (Fsp3) is 0.364. The molecule has 0 amide bonds. The molecule has 38 heavy (non-hydrogen) atoms. The van der Waals surface area contributed by atoms with Gasteiger partial charge in [0, 0.05) is 43.6 Å². The van der Waals surface area contributed by atoms with E-state index in [4.69, 9.17) is 15.9 Å². The van der Waals surface area contributed by atoms with Gasteiger partial charge in [0.25, 0.3) is 0 Å². The summed E-state index contributed by atoms with van der Waals surface area (Å²) in [5.74, 6) is 9.58. The lowest BCUT2D eigenvalue weighted by atomic mass is 9.95. The summed E-state index contributed by atoms with van der Waals surface area (Å²) in [6, 6.07) is 14.1. The van der Waals surface area contributed by atoms with Gasteiger partial charge in [0.2, 0.25) is 0 Å². The van der Waals surface area contributed by atoms with E-state index < -0.39 is 0 Å². The summed E-state index contributed by atoms with van der Waals surface area (Å²) in [4.78, 5) is 11.7. The molecule has 195 valence electrons. The number of rotatable bonds is 14. The number of carbonyl (C=O) groups is 1. The van der Waals surface area contributed by atoms with Crippen molar-refractivity contribution in [1.82, 2.24) is 5.32 Å². The average molecular weight is 508 g/mol. The van der Waals surface area contributed by atoms with E-state index in [1.165, 1.54) is 0 Å². The molecule has 0 bridgehead atoms. The first kappa shape index (κ1) is 28.7. The minimum absolute atomic E-state index is 0.0341. The van der Waals surface area contributed by atoms with Crippen molar-refractivity contribution in [3.05, 3.63) is 65.1 Å². The van der Waals surface area contributed by atoms with E-state index in [-0.39, 0.29) is 17.9 Å². The van der Waals surface area contributed by atoms with Gasteiger partial charge in [0.1, 0.15) is 5.75 Å². The minimum atomic E-state index is -0.373. The molecular weight excluding hydrogens is 472 g/mol. The van der Waals surface area contributed by atoms with E-state index in [2.05, 4.69) is 36.1 Å². The van der Waals surface area contributed by atoms with Crippen molar-refractivity contribution in [3.8, 4) is 47.1 Å². The van der Waals surface area contributed by atoms with Gasteiger partial charge < -0.3 is 9.47 Å². The maximum absolute atomic E-state index is 11.7. The number of carbonyl (C=O) groups excluding carboxylic acids is 1. The van der Waals surface area contributed by atoms with Crippen LogP contribution >= 0.6 is 0 Å². The smallest absolute Gasteiger partial charge is 0.156 e. The first-order valence-corrected chi connectivity index (χ1v) is 13.0. The SMILES string of the molecule is C#CCCCO[C@@H](CC)CN[C@H](C#N)Cc1ccc(-c2ccc(C3=C(C(C)=O)[CH]3)c(C#CC)c2)cc1OC. The van der Waals surface area contributed by atoms with Crippen molar-refractivity contribution in [2.45, 2.75) is 58.6 Å². The maximum atomic E-state index is 11.7. The molecule has 1 radical (unpaired) electrons. The van der Waals surface area contributed by atoms with Gasteiger partial charge in [-0.1, -0.05) is 37.1 Å². The monoisotopic (exact) mass is 507 g/mol. The molecule has 0 aliphatic heterocycles. The molecule has 1 aliphatic carbocycles. The van der Waals surface area contributed by atoms with Crippen LogP contribution in [0.3, 0.4) is 0 Å².